The number of nitrogens with zero attached hydrogens (tertiary/aromatic N) is 4. The molecule has 27 heavy (non-hydrogen) atoms. The number of hydrogen-bond donors (Lipinski definition) is 1. The third-order valence-corrected chi connectivity index (χ3v) is 4.77. The Balaban J connectivity index is 1.35. The molecule has 0 aliphatic heterocycles. The lowest BCUT2D eigenvalue weighted by Gasteiger charge is -2.04. The highest BCUT2D eigenvalue weighted by Gasteiger charge is 2.12. The lowest BCUT2D eigenvalue weighted by molar-refractivity contribution is -0.113. The van der Waals surface area contributed by atoms with Crippen LogP contribution in [0.3, 0.4) is 0 Å². The fourth-order valence-corrected chi connectivity index (χ4v) is 3.30. The summed E-state index contributed by atoms with van der Waals surface area (Å²) < 4.78 is 7.55. The van der Waals surface area contributed by atoms with Gasteiger partial charge in [0.2, 0.25) is 11.8 Å². The van der Waals surface area contributed by atoms with Gasteiger partial charge in [0.15, 0.2) is 0 Å². The Bertz CT molecular complexity index is 1090. The van der Waals surface area contributed by atoms with Crippen LogP contribution in [0.25, 0.3) is 11.0 Å². The van der Waals surface area contributed by atoms with Crippen molar-refractivity contribution in [1.29, 1.82) is 0 Å². The third-order valence-electron chi connectivity index (χ3n) is 3.72. The molecule has 7 nitrogen and oxygen atoms in total. The maximum atomic E-state index is 12.0. The minimum atomic E-state index is -0.178. The summed E-state index contributed by atoms with van der Waals surface area (Å²) in [5, 5.41) is 11.7. The number of para-hydroxylation sites is 2. The molecule has 0 saturated heterocycles. The standard InChI is InChI=1S/C18H14ClN5O2S/c19-12-4-3-5-13(8-12)21-16(25)10-27-18-23-22-17(26-18)9-24-11-20-14-6-1-2-7-15(14)24/h1-8,11H,9-10H2,(H,21,25). The van der Waals surface area contributed by atoms with Crippen molar-refractivity contribution in [2.24, 2.45) is 0 Å². The minimum Gasteiger partial charge on any atom is -0.414 e. The second kappa shape index (κ2) is 7.81. The number of thioether (sulfide) groups is 1. The number of amides is 1. The van der Waals surface area contributed by atoms with Gasteiger partial charge in [-0.2, -0.15) is 0 Å². The molecule has 2 aromatic heterocycles. The topological polar surface area (TPSA) is 85.8 Å². The highest BCUT2D eigenvalue weighted by Crippen LogP contribution is 2.20. The van der Waals surface area contributed by atoms with Crippen LogP contribution < -0.4 is 5.32 Å². The normalized spacial score (nSPS) is 11.0. The number of benzene rings is 2. The first-order chi connectivity index (χ1) is 13.2. The van der Waals surface area contributed by atoms with Crippen molar-refractivity contribution >= 4 is 46.0 Å². The van der Waals surface area contributed by atoms with Gasteiger partial charge in [0.05, 0.1) is 23.1 Å². The van der Waals surface area contributed by atoms with E-state index in [1.165, 1.54) is 11.8 Å². The van der Waals surface area contributed by atoms with Crippen LogP contribution >= 0.6 is 23.4 Å². The fraction of sp³-hybridized carbons (Fsp3) is 0.111. The highest BCUT2D eigenvalue weighted by atomic mass is 35.5. The molecule has 0 atom stereocenters. The Kier molecular flexibility index (Phi) is 5.08. The van der Waals surface area contributed by atoms with Crippen molar-refractivity contribution < 1.29 is 9.21 Å². The zero-order valence-electron chi connectivity index (χ0n) is 14.0. The summed E-state index contributed by atoms with van der Waals surface area (Å²) in [4.78, 5) is 16.4. The van der Waals surface area contributed by atoms with Crippen LogP contribution in [0, 0.1) is 0 Å². The van der Waals surface area contributed by atoms with Gasteiger partial charge in [0, 0.05) is 10.7 Å². The molecule has 0 bridgehead atoms. The maximum Gasteiger partial charge on any atom is 0.277 e. The van der Waals surface area contributed by atoms with Crippen molar-refractivity contribution in [3.8, 4) is 0 Å². The lowest BCUT2D eigenvalue weighted by Crippen LogP contribution is -2.13. The van der Waals surface area contributed by atoms with Crippen molar-refractivity contribution in [3.63, 3.8) is 0 Å². The van der Waals surface area contributed by atoms with Gasteiger partial charge in [0.25, 0.3) is 5.22 Å². The average molecular weight is 400 g/mol. The predicted octanol–water partition coefficient (Wildman–Crippen LogP) is 3.85. The monoisotopic (exact) mass is 399 g/mol. The molecule has 0 spiro atoms. The number of fused-ring (bicyclic) bond motifs is 1. The summed E-state index contributed by atoms with van der Waals surface area (Å²) in [7, 11) is 0. The van der Waals surface area contributed by atoms with Crippen molar-refractivity contribution in [3.05, 3.63) is 65.8 Å². The predicted molar refractivity (Wildman–Crippen MR) is 104 cm³/mol. The summed E-state index contributed by atoms with van der Waals surface area (Å²) in [5.41, 5.74) is 2.54. The number of carbonyl (C=O) groups excluding carboxylic acids is 1. The second-order valence-electron chi connectivity index (χ2n) is 5.67. The lowest BCUT2D eigenvalue weighted by atomic mass is 10.3. The molecule has 1 N–H and O–H groups in total. The molecule has 136 valence electrons. The minimum absolute atomic E-state index is 0.155. The number of rotatable bonds is 6. The van der Waals surface area contributed by atoms with E-state index in [2.05, 4.69) is 20.5 Å². The van der Waals surface area contributed by atoms with Crippen LogP contribution in [0.2, 0.25) is 5.02 Å². The highest BCUT2D eigenvalue weighted by molar-refractivity contribution is 7.99. The van der Waals surface area contributed by atoms with Crippen LogP contribution in [0.5, 0.6) is 0 Å². The van der Waals surface area contributed by atoms with Gasteiger partial charge in [-0.1, -0.05) is 41.6 Å². The summed E-state index contributed by atoms with van der Waals surface area (Å²) in [6, 6.07) is 14.8. The smallest absolute Gasteiger partial charge is 0.277 e. The molecule has 2 heterocycles. The molecular formula is C18H14ClN5O2S. The van der Waals surface area contributed by atoms with Gasteiger partial charge in [0.1, 0.15) is 6.54 Å². The molecular weight excluding hydrogens is 386 g/mol. The van der Waals surface area contributed by atoms with E-state index in [0.717, 1.165) is 11.0 Å². The van der Waals surface area contributed by atoms with Gasteiger partial charge in [-0.25, -0.2) is 4.98 Å². The molecule has 4 aromatic rings. The first-order valence-corrected chi connectivity index (χ1v) is 9.44. The van der Waals surface area contributed by atoms with Crippen LogP contribution in [-0.4, -0.2) is 31.4 Å². The number of carbonyl (C=O) groups is 1. The van der Waals surface area contributed by atoms with Gasteiger partial charge < -0.3 is 14.3 Å². The van der Waals surface area contributed by atoms with Gasteiger partial charge >= 0.3 is 0 Å². The molecule has 0 aliphatic rings. The molecule has 0 unspecified atom stereocenters. The number of halogens is 1. The van der Waals surface area contributed by atoms with E-state index in [0.29, 0.717) is 28.4 Å². The van der Waals surface area contributed by atoms with E-state index in [-0.39, 0.29) is 11.7 Å². The van der Waals surface area contributed by atoms with Crippen molar-refractivity contribution in [1.82, 2.24) is 19.7 Å². The zero-order valence-corrected chi connectivity index (χ0v) is 15.6. The largest absolute Gasteiger partial charge is 0.414 e. The Morgan fingerprint density at radius 1 is 1.19 bits per heavy atom. The number of hydrogen-bond acceptors (Lipinski definition) is 6. The van der Waals surface area contributed by atoms with Crippen LogP contribution in [-0.2, 0) is 11.3 Å². The SMILES string of the molecule is O=C(CSc1nnc(Cn2cnc3ccccc32)o1)Nc1cccc(Cl)c1. The molecule has 4 rings (SSSR count). The maximum absolute atomic E-state index is 12.0. The second-order valence-corrected chi connectivity index (χ2v) is 7.03. The third kappa shape index (κ3) is 4.29. The summed E-state index contributed by atoms with van der Waals surface area (Å²) in [6.45, 7) is 0.419. The van der Waals surface area contributed by atoms with Crippen LogP contribution in [0.1, 0.15) is 5.89 Å². The molecule has 2 aromatic carbocycles. The van der Waals surface area contributed by atoms with Gasteiger partial charge in [-0.3, -0.25) is 4.79 Å². The number of aromatic nitrogens is 4. The number of nitrogens with one attached hydrogen (secondary N) is 1. The van der Waals surface area contributed by atoms with Crippen molar-refractivity contribution in [2.75, 3.05) is 11.1 Å². The first-order valence-electron chi connectivity index (χ1n) is 8.08. The number of imidazole rings is 1. The summed E-state index contributed by atoms with van der Waals surface area (Å²) in [6.07, 6.45) is 1.74. The Labute approximate surface area is 163 Å². The molecule has 0 saturated carbocycles. The van der Waals surface area contributed by atoms with E-state index in [1.54, 1.807) is 30.6 Å². The summed E-state index contributed by atoms with van der Waals surface area (Å²) >= 11 is 7.08. The Hall–Kier alpha value is -2.84. The van der Waals surface area contributed by atoms with Crippen LogP contribution in [0.4, 0.5) is 5.69 Å². The Morgan fingerprint density at radius 3 is 2.96 bits per heavy atom. The quantitative estimate of drug-likeness (QED) is 0.495. The van der Waals surface area contributed by atoms with Gasteiger partial charge in [-0.15, -0.1) is 10.2 Å². The van der Waals surface area contributed by atoms with Gasteiger partial charge in [-0.05, 0) is 30.3 Å². The van der Waals surface area contributed by atoms with E-state index < -0.39 is 0 Å². The summed E-state index contributed by atoms with van der Waals surface area (Å²) in [5.74, 6) is 0.431. The van der Waals surface area contributed by atoms with E-state index >= 15 is 0 Å². The zero-order chi connectivity index (χ0) is 18.6. The van der Waals surface area contributed by atoms with Crippen molar-refractivity contribution in [2.45, 2.75) is 11.8 Å². The van der Waals surface area contributed by atoms with E-state index in [4.69, 9.17) is 16.0 Å². The molecule has 0 aliphatic carbocycles. The molecule has 1 amide bonds. The molecule has 0 fully saturated rings. The van der Waals surface area contributed by atoms with Crippen LogP contribution in [0.15, 0.2) is 64.5 Å². The van der Waals surface area contributed by atoms with E-state index in [1.807, 2.05) is 28.8 Å². The van der Waals surface area contributed by atoms with E-state index in [9.17, 15) is 4.79 Å². The Morgan fingerprint density at radius 2 is 2.07 bits per heavy atom. The first kappa shape index (κ1) is 17.6. The number of anilines is 1. The average Bonchev–Trinajstić information content (AvgIpc) is 3.28. The molecule has 0 radical (unpaired) electrons. The molecule has 9 heteroatoms. The fourth-order valence-electron chi connectivity index (χ4n) is 2.53.